The number of aryl methyl sites for hydroxylation is 1. The van der Waals surface area contributed by atoms with E-state index in [-0.39, 0.29) is 24.9 Å². The predicted octanol–water partition coefficient (Wildman–Crippen LogP) is 3.60. The van der Waals surface area contributed by atoms with Crippen LogP contribution in [0.3, 0.4) is 0 Å². The van der Waals surface area contributed by atoms with Crippen LogP contribution in [0.5, 0.6) is 6.01 Å². The molecule has 0 saturated carbocycles. The van der Waals surface area contributed by atoms with Crippen LogP contribution in [0.15, 0.2) is 42.6 Å². The standard InChI is InChI=1S/C25H23ClN4O4/c26-17-9-19-18(28-25(29-19)34-22-12-33-23-21(31)11-32-24(22)23)8-15(17)13-3-5-14(6-4-13)16-10-27-30-7-1-2-20(16)30/h3-6,8-10,21-24,31H,1-2,7,11-12H2,(H,28,29)/t21-,22-,23-,24-/m1/s1. The highest BCUT2D eigenvalue weighted by molar-refractivity contribution is 6.34. The molecule has 2 N–H and O–H groups in total. The number of aromatic amines is 1. The summed E-state index contributed by atoms with van der Waals surface area (Å²) in [4.78, 5) is 7.80. The molecule has 9 heteroatoms. The number of aliphatic hydroxyl groups excluding tert-OH is 1. The van der Waals surface area contributed by atoms with Crippen LogP contribution in [0.1, 0.15) is 12.1 Å². The van der Waals surface area contributed by atoms with Crippen molar-refractivity contribution in [1.82, 2.24) is 19.7 Å². The molecular formula is C25H23ClN4O4. The Kier molecular flexibility index (Phi) is 4.70. The maximum absolute atomic E-state index is 9.93. The minimum atomic E-state index is -0.614. The molecule has 0 spiro atoms. The van der Waals surface area contributed by atoms with Crippen molar-refractivity contribution in [2.45, 2.75) is 43.8 Å². The van der Waals surface area contributed by atoms with E-state index in [1.54, 1.807) is 0 Å². The Balaban J connectivity index is 1.15. The van der Waals surface area contributed by atoms with Crippen LogP contribution < -0.4 is 4.74 Å². The number of hydrogen-bond donors (Lipinski definition) is 2. The lowest BCUT2D eigenvalue weighted by Crippen LogP contribution is -2.34. The zero-order valence-corrected chi connectivity index (χ0v) is 19.0. The molecule has 0 amide bonds. The molecule has 0 unspecified atom stereocenters. The molecule has 2 fully saturated rings. The topological polar surface area (TPSA) is 94.4 Å². The Bertz CT molecular complexity index is 1380. The minimum absolute atomic E-state index is 0.261. The lowest BCUT2D eigenvalue weighted by molar-refractivity contribution is 0.00706. The van der Waals surface area contributed by atoms with Crippen molar-refractivity contribution in [3.05, 3.63) is 53.3 Å². The first-order valence-corrected chi connectivity index (χ1v) is 11.9. The van der Waals surface area contributed by atoms with Crippen LogP contribution in [0.4, 0.5) is 0 Å². The molecule has 7 rings (SSSR count). The number of nitrogens with zero attached hydrogens (tertiary/aromatic N) is 3. The number of nitrogens with one attached hydrogen (secondary N) is 1. The number of halogens is 1. The number of fused-ring (bicyclic) bond motifs is 3. The average molecular weight is 479 g/mol. The van der Waals surface area contributed by atoms with Crippen LogP contribution in [-0.2, 0) is 22.4 Å². The van der Waals surface area contributed by atoms with Crippen LogP contribution in [0, 0.1) is 0 Å². The number of H-pyrrole nitrogens is 1. The first kappa shape index (κ1) is 20.5. The van der Waals surface area contributed by atoms with E-state index in [0.29, 0.717) is 17.6 Å². The zero-order chi connectivity index (χ0) is 22.8. The van der Waals surface area contributed by atoms with Crippen LogP contribution in [0.25, 0.3) is 33.3 Å². The molecule has 2 aromatic heterocycles. The van der Waals surface area contributed by atoms with Gasteiger partial charge in [-0.15, -0.1) is 0 Å². The Hall–Kier alpha value is -2.91. The lowest BCUT2D eigenvalue weighted by Gasteiger charge is -2.15. The summed E-state index contributed by atoms with van der Waals surface area (Å²) >= 11 is 6.65. The van der Waals surface area contributed by atoms with Crippen molar-refractivity contribution in [3.8, 4) is 28.3 Å². The van der Waals surface area contributed by atoms with Gasteiger partial charge in [0.1, 0.15) is 18.3 Å². The molecular weight excluding hydrogens is 456 g/mol. The second-order valence-electron chi connectivity index (χ2n) is 9.12. The number of rotatable bonds is 4. The van der Waals surface area contributed by atoms with Gasteiger partial charge in [0.25, 0.3) is 6.01 Å². The summed E-state index contributed by atoms with van der Waals surface area (Å²) in [7, 11) is 0. The summed E-state index contributed by atoms with van der Waals surface area (Å²) in [6, 6.07) is 12.6. The van der Waals surface area contributed by atoms with E-state index in [9.17, 15) is 5.11 Å². The first-order chi connectivity index (χ1) is 16.6. The van der Waals surface area contributed by atoms with E-state index in [0.717, 1.165) is 47.1 Å². The fourth-order valence-electron chi connectivity index (χ4n) is 5.31. The van der Waals surface area contributed by atoms with Crippen molar-refractivity contribution in [2.24, 2.45) is 0 Å². The third-order valence-electron chi connectivity index (χ3n) is 7.03. The quantitative estimate of drug-likeness (QED) is 0.465. The maximum atomic E-state index is 9.93. The number of aliphatic hydroxyl groups is 1. The monoisotopic (exact) mass is 478 g/mol. The van der Waals surface area contributed by atoms with Gasteiger partial charge in [-0.25, -0.2) is 0 Å². The molecule has 2 saturated heterocycles. The van der Waals surface area contributed by atoms with Crippen LogP contribution >= 0.6 is 11.6 Å². The van der Waals surface area contributed by atoms with E-state index in [1.807, 2.05) is 18.3 Å². The van der Waals surface area contributed by atoms with E-state index >= 15 is 0 Å². The SMILES string of the molecule is O[C@@H]1CO[C@H]2[C@@H]1OC[C@H]2Oc1nc2cc(-c3ccc(-c4cnn5c4CCC5)cc3)c(Cl)cc2[nH]1. The normalized spacial score (nSPS) is 25.7. The van der Waals surface area contributed by atoms with Crippen molar-refractivity contribution < 1.29 is 19.3 Å². The van der Waals surface area contributed by atoms with Crippen molar-refractivity contribution in [2.75, 3.05) is 13.2 Å². The Morgan fingerprint density at radius 3 is 2.71 bits per heavy atom. The van der Waals surface area contributed by atoms with Crippen molar-refractivity contribution in [3.63, 3.8) is 0 Å². The molecule has 174 valence electrons. The third kappa shape index (κ3) is 3.25. The smallest absolute Gasteiger partial charge is 0.295 e. The molecule has 8 nitrogen and oxygen atoms in total. The van der Waals surface area contributed by atoms with Gasteiger partial charge in [-0.3, -0.25) is 4.68 Å². The van der Waals surface area contributed by atoms with Crippen molar-refractivity contribution in [1.29, 1.82) is 0 Å². The molecule has 34 heavy (non-hydrogen) atoms. The summed E-state index contributed by atoms with van der Waals surface area (Å²) in [6.07, 6.45) is 2.61. The lowest BCUT2D eigenvalue weighted by atomic mass is 9.99. The van der Waals surface area contributed by atoms with E-state index in [4.69, 9.17) is 25.8 Å². The fraction of sp³-hybridized carbons (Fsp3) is 0.360. The molecule has 2 aromatic carbocycles. The van der Waals surface area contributed by atoms with Gasteiger partial charge in [0.15, 0.2) is 6.10 Å². The highest BCUT2D eigenvalue weighted by Crippen LogP contribution is 2.35. The molecule has 3 aliphatic rings. The van der Waals surface area contributed by atoms with Crippen LogP contribution in [0.2, 0.25) is 5.02 Å². The largest absolute Gasteiger partial charge is 0.456 e. The Morgan fingerprint density at radius 2 is 1.85 bits per heavy atom. The molecule has 4 aromatic rings. The summed E-state index contributed by atoms with van der Waals surface area (Å²) in [5, 5.41) is 15.1. The second-order valence-corrected chi connectivity index (χ2v) is 9.53. The van der Waals surface area contributed by atoms with Gasteiger partial charge in [0.2, 0.25) is 0 Å². The molecule has 5 heterocycles. The molecule has 0 aliphatic carbocycles. The van der Waals surface area contributed by atoms with Crippen LogP contribution in [-0.4, -0.2) is 62.5 Å². The minimum Gasteiger partial charge on any atom is -0.456 e. The summed E-state index contributed by atoms with van der Waals surface area (Å²) in [5.41, 5.74) is 7.16. The fourth-order valence-corrected chi connectivity index (χ4v) is 5.58. The Morgan fingerprint density at radius 1 is 1.06 bits per heavy atom. The molecule has 3 aliphatic heterocycles. The first-order valence-electron chi connectivity index (χ1n) is 11.6. The summed E-state index contributed by atoms with van der Waals surface area (Å²) in [6.45, 7) is 1.61. The molecule has 0 bridgehead atoms. The molecule has 4 atom stereocenters. The van der Waals surface area contributed by atoms with E-state index in [1.165, 1.54) is 11.3 Å². The average Bonchev–Trinajstić information content (AvgIpc) is 3.63. The Labute approximate surface area is 200 Å². The number of imidazole rings is 1. The highest BCUT2D eigenvalue weighted by atomic mass is 35.5. The number of benzene rings is 2. The van der Waals surface area contributed by atoms with Crippen molar-refractivity contribution >= 4 is 22.6 Å². The van der Waals surface area contributed by atoms with Gasteiger partial charge in [0.05, 0.1) is 35.5 Å². The molecule has 0 radical (unpaired) electrons. The highest BCUT2D eigenvalue weighted by Gasteiger charge is 2.48. The maximum Gasteiger partial charge on any atom is 0.295 e. The van der Waals surface area contributed by atoms with Gasteiger partial charge in [-0.1, -0.05) is 35.9 Å². The number of aromatic nitrogens is 4. The van der Waals surface area contributed by atoms with E-state index in [2.05, 4.69) is 44.0 Å². The van der Waals surface area contributed by atoms with Gasteiger partial charge >= 0.3 is 0 Å². The third-order valence-corrected chi connectivity index (χ3v) is 7.35. The second kappa shape index (κ2) is 7.81. The number of ether oxygens (including phenoxy) is 3. The van der Waals surface area contributed by atoms with Gasteiger partial charge in [-0.05, 0) is 36.1 Å². The van der Waals surface area contributed by atoms with Gasteiger partial charge in [-0.2, -0.15) is 10.1 Å². The summed E-state index contributed by atoms with van der Waals surface area (Å²) in [5.74, 6) is 0. The van der Waals surface area contributed by atoms with Gasteiger partial charge < -0.3 is 24.3 Å². The zero-order valence-electron chi connectivity index (χ0n) is 18.3. The van der Waals surface area contributed by atoms with Gasteiger partial charge in [0, 0.05) is 23.4 Å². The predicted molar refractivity (Wildman–Crippen MR) is 126 cm³/mol. The number of hydrogen-bond acceptors (Lipinski definition) is 6. The van der Waals surface area contributed by atoms with E-state index < -0.39 is 6.10 Å². The summed E-state index contributed by atoms with van der Waals surface area (Å²) < 4.78 is 19.4.